The van der Waals surface area contributed by atoms with E-state index in [0.717, 1.165) is 12.8 Å². The Bertz CT molecular complexity index is 285. The summed E-state index contributed by atoms with van der Waals surface area (Å²) in [5.74, 6) is 5.59. The highest BCUT2D eigenvalue weighted by Crippen LogP contribution is 2.45. The highest BCUT2D eigenvalue weighted by Gasteiger charge is 2.33. The molecule has 2 aliphatic rings. The van der Waals surface area contributed by atoms with Gasteiger partial charge in [-0.3, -0.25) is 10.2 Å². The van der Waals surface area contributed by atoms with Gasteiger partial charge in [0, 0.05) is 0 Å². The van der Waals surface area contributed by atoms with E-state index in [-0.39, 0.29) is 11.2 Å². The molecule has 4 heteroatoms. The molecule has 0 radical (unpaired) electrons. The van der Waals surface area contributed by atoms with E-state index in [1.807, 2.05) is 0 Å². The van der Waals surface area contributed by atoms with Crippen molar-refractivity contribution in [1.82, 2.24) is 5.43 Å². The fraction of sp³-hybridized carbons (Fsp3) is 0.444. The van der Waals surface area contributed by atoms with Gasteiger partial charge in [0.15, 0.2) is 0 Å². The molecule has 70 valence electrons. The summed E-state index contributed by atoms with van der Waals surface area (Å²) >= 11 is 1.65. The van der Waals surface area contributed by atoms with Crippen LogP contribution in [-0.2, 0) is 4.79 Å². The van der Waals surface area contributed by atoms with Crippen LogP contribution in [0.3, 0.4) is 0 Å². The molecule has 2 rings (SSSR count). The van der Waals surface area contributed by atoms with Crippen molar-refractivity contribution in [3.63, 3.8) is 0 Å². The molecule has 1 aliphatic carbocycles. The van der Waals surface area contributed by atoms with Crippen molar-refractivity contribution >= 4 is 17.7 Å². The molecule has 0 bridgehead atoms. The van der Waals surface area contributed by atoms with Crippen LogP contribution in [0, 0.1) is 5.92 Å². The van der Waals surface area contributed by atoms with E-state index >= 15 is 0 Å². The van der Waals surface area contributed by atoms with Gasteiger partial charge in [0.05, 0.1) is 5.25 Å². The summed E-state index contributed by atoms with van der Waals surface area (Å²) in [5, 5.41) is 0.0150. The molecule has 1 amide bonds. The van der Waals surface area contributed by atoms with Crippen LogP contribution in [0.15, 0.2) is 23.1 Å². The first-order valence-electron chi connectivity index (χ1n) is 4.35. The van der Waals surface area contributed by atoms with E-state index in [1.165, 1.54) is 4.91 Å². The van der Waals surface area contributed by atoms with Crippen LogP contribution in [0.5, 0.6) is 0 Å². The third kappa shape index (κ3) is 1.64. The van der Waals surface area contributed by atoms with Gasteiger partial charge in [-0.1, -0.05) is 18.2 Å². The van der Waals surface area contributed by atoms with E-state index in [4.69, 9.17) is 5.84 Å². The molecule has 13 heavy (non-hydrogen) atoms. The number of amides is 1. The minimum absolute atomic E-state index is 0.0150. The molecule has 0 saturated carbocycles. The molecule has 1 aliphatic heterocycles. The Kier molecular flexibility index (Phi) is 2.42. The van der Waals surface area contributed by atoms with Crippen molar-refractivity contribution in [2.75, 3.05) is 0 Å². The van der Waals surface area contributed by atoms with Gasteiger partial charge in [-0.05, 0) is 23.7 Å². The standard InChI is InChI=1S/C9H12N2OS/c10-11-9(12)8-5-6-3-1-2-4-7(6)13-8/h1-2,4,6,8H,3,5,10H2,(H,11,12). The minimum atomic E-state index is -0.0553. The van der Waals surface area contributed by atoms with Crippen molar-refractivity contribution in [3.8, 4) is 0 Å². The Morgan fingerprint density at radius 3 is 3.23 bits per heavy atom. The lowest BCUT2D eigenvalue weighted by atomic mass is 9.96. The fourth-order valence-corrected chi connectivity index (χ4v) is 3.10. The predicted molar refractivity (Wildman–Crippen MR) is 53.7 cm³/mol. The van der Waals surface area contributed by atoms with Crippen molar-refractivity contribution in [2.45, 2.75) is 18.1 Å². The average Bonchev–Trinajstić information content (AvgIpc) is 2.59. The smallest absolute Gasteiger partial charge is 0.247 e. The van der Waals surface area contributed by atoms with Gasteiger partial charge in [-0.25, -0.2) is 5.84 Å². The fourth-order valence-electron chi connectivity index (χ4n) is 1.73. The lowest BCUT2D eigenvalue weighted by molar-refractivity contribution is -0.120. The zero-order valence-corrected chi connectivity index (χ0v) is 8.01. The summed E-state index contributed by atoms with van der Waals surface area (Å²) in [5.41, 5.74) is 2.21. The Morgan fingerprint density at radius 1 is 1.69 bits per heavy atom. The van der Waals surface area contributed by atoms with Gasteiger partial charge >= 0.3 is 0 Å². The number of rotatable bonds is 1. The largest absolute Gasteiger partial charge is 0.293 e. The highest BCUT2D eigenvalue weighted by molar-refractivity contribution is 8.04. The summed E-state index contributed by atoms with van der Waals surface area (Å²) in [6, 6.07) is 0. The number of nitrogens with two attached hydrogens (primary N) is 1. The van der Waals surface area contributed by atoms with Gasteiger partial charge in [0.2, 0.25) is 5.91 Å². The summed E-state index contributed by atoms with van der Waals surface area (Å²) in [7, 11) is 0. The van der Waals surface area contributed by atoms with Crippen molar-refractivity contribution in [2.24, 2.45) is 11.8 Å². The quantitative estimate of drug-likeness (QED) is 0.373. The maximum absolute atomic E-state index is 11.3. The molecule has 2 atom stereocenters. The second-order valence-corrected chi connectivity index (χ2v) is 4.56. The van der Waals surface area contributed by atoms with Crippen LogP contribution in [0.25, 0.3) is 0 Å². The zero-order chi connectivity index (χ0) is 9.26. The summed E-state index contributed by atoms with van der Waals surface area (Å²) in [6.07, 6.45) is 8.29. The number of hydrazine groups is 1. The van der Waals surface area contributed by atoms with Crippen molar-refractivity contribution < 1.29 is 4.79 Å². The highest BCUT2D eigenvalue weighted by atomic mass is 32.2. The van der Waals surface area contributed by atoms with E-state index < -0.39 is 0 Å². The monoisotopic (exact) mass is 196 g/mol. The first-order valence-corrected chi connectivity index (χ1v) is 5.23. The van der Waals surface area contributed by atoms with Gasteiger partial charge in [-0.15, -0.1) is 11.8 Å². The Labute approximate surface area is 81.4 Å². The molecule has 3 nitrogen and oxygen atoms in total. The van der Waals surface area contributed by atoms with E-state index in [1.54, 1.807) is 11.8 Å². The molecule has 1 fully saturated rings. The van der Waals surface area contributed by atoms with Gasteiger partial charge < -0.3 is 0 Å². The molecule has 0 aromatic rings. The lowest BCUT2D eigenvalue weighted by Gasteiger charge is -2.09. The van der Waals surface area contributed by atoms with E-state index in [9.17, 15) is 4.79 Å². The van der Waals surface area contributed by atoms with Crippen molar-refractivity contribution in [3.05, 3.63) is 23.1 Å². The third-order valence-corrected chi connectivity index (χ3v) is 3.86. The Morgan fingerprint density at radius 2 is 2.54 bits per heavy atom. The third-order valence-electron chi connectivity index (χ3n) is 2.43. The zero-order valence-electron chi connectivity index (χ0n) is 7.19. The number of hydrogen-bond donors (Lipinski definition) is 2. The van der Waals surface area contributed by atoms with Gasteiger partial charge in [0.1, 0.15) is 0 Å². The van der Waals surface area contributed by atoms with Crippen LogP contribution in [0.1, 0.15) is 12.8 Å². The van der Waals surface area contributed by atoms with Crippen LogP contribution in [-0.4, -0.2) is 11.2 Å². The number of fused-ring (bicyclic) bond motifs is 1. The maximum atomic E-state index is 11.3. The summed E-state index contributed by atoms with van der Waals surface area (Å²) in [4.78, 5) is 12.6. The molecule has 3 N–H and O–H groups in total. The number of allylic oxidation sites excluding steroid dienone is 4. The molecule has 2 unspecified atom stereocenters. The number of hydrogen-bond acceptors (Lipinski definition) is 3. The lowest BCUT2D eigenvalue weighted by Crippen LogP contribution is -2.36. The summed E-state index contributed by atoms with van der Waals surface area (Å²) in [6.45, 7) is 0. The number of carbonyl (C=O) groups is 1. The molecule has 1 saturated heterocycles. The summed E-state index contributed by atoms with van der Waals surface area (Å²) < 4.78 is 0. The number of nitrogens with one attached hydrogen (secondary N) is 1. The maximum Gasteiger partial charge on any atom is 0.247 e. The SMILES string of the molecule is NNC(=O)C1CC2CC=CC=C2S1. The normalized spacial score (nSPS) is 31.0. The van der Waals surface area contributed by atoms with E-state index in [2.05, 4.69) is 23.7 Å². The van der Waals surface area contributed by atoms with Crippen molar-refractivity contribution in [1.29, 1.82) is 0 Å². The predicted octanol–water partition coefficient (Wildman–Crippen LogP) is 0.942. The Balaban J connectivity index is 2.06. The molecule has 1 heterocycles. The minimum Gasteiger partial charge on any atom is -0.293 e. The first kappa shape index (κ1) is 8.84. The van der Waals surface area contributed by atoms with E-state index in [0.29, 0.717) is 5.92 Å². The molecule has 0 aromatic heterocycles. The number of carbonyl (C=O) groups excluding carboxylic acids is 1. The second kappa shape index (κ2) is 3.55. The number of thioether (sulfide) groups is 1. The molecular formula is C9H12N2OS. The van der Waals surface area contributed by atoms with Gasteiger partial charge in [0.25, 0.3) is 0 Å². The molecule has 0 spiro atoms. The topological polar surface area (TPSA) is 55.1 Å². The Hall–Kier alpha value is -0.740. The van der Waals surface area contributed by atoms with Gasteiger partial charge in [-0.2, -0.15) is 0 Å². The van der Waals surface area contributed by atoms with Crippen LogP contribution in [0.4, 0.5) is 0 Å². The molecular weight excluding hydrogens is 184 g/mol. The molecule has 0 aromatic carbocycles. The second-order valence-electron chi connectivity index (χ2n) is 3.28. The first-order chi connectivity index (χ1) is 6.31. The van der Waals surface area contributed by atoms with Crippen LogP contribution >= 0.6 is 11.8 Å². The van der Waals surface area contributed by atoms with Crippen LogP contribution < -0.4 is 11.3 Å². The average molecular weight is 196 g/mol. The van der Waals surface area contributed by atoms with Crippen LogP contribution in [0.2, 0.25) is 0 Å².